The molecule has 0 bridgehead atoms. The van der Waals surface area contributed by atoms with Crippen LogP contribution < -0.4 is 15.4 Å². The number of aromatic nitrogens is 2. The van der Waals surface area contributed by atoms with Gasteiger partial charge >= 0.3 is 6.18 Å². The second kappa shape index (κ2) is 9.03. The summed E-state index contributed by atoms with van der Waals surface area (Å²) in [6.45, 7) is 1.78. The molecule has 170 valence electrons. The van der Waals surface area contributed by atoms with Crippen molar-refractivity contribution >= 4 is 27.3 Å². The number of benzene rings is 2. The third-order valence-corrected chi connectivity index (χ3v) is 5.59. The molecule has 0 spiro atoms. The number of halogens is 3. The van der Waals surface area contributed by atoms with Crippen LogP contribution in [0.1, 0.15) is 16.7 Å². The van der Waals surface area contributed by atoms with Crippen molar-refractivity contribution in [1.29, 1.82) is 0 Å². The maximum absolute atomic E-state index is 13.5. The van der Waals surface area contributed by atoms with Crippen LogP contribution in [0.4, 0.5) is 30.6 Å². The van der Waals surface area contributed by atoms with Gasteiger partial charge in [-0.05, 0) is 42.3 Å². The number of hydrogen-bond donors (Lipinski definition) is 2. The Hall–Kier alpha value is -3.34. The van der Waals surface area contributed by atoms with E-state index in [-0.39, 0.29) is 17.4 Å². The van der Waals surface area contributed by atoms with Crippen molar-refractivity contribution in [2.75, 3.05) is 24.0 Å². The van der Waals surface area contributed by atoms with Crippen LogP contribution in [0.15, 0.2) is 53.6 Å². The quantitative estimate of drug-likeness (QED) is 0.527. The Morgan fingerprint density at radius 3 is 2.53 bits per heavy atom. The summed E-state index contributed by atoms with van der Waals surface area (Å²) in [5.74, 6) is -0.0214. The van der Waals surface area contributed by atoms with Gasteiger partial charge in [-0.15, -0.1) is 0 Å². The Morgan fingerprint density at radius 1 is 1.12 bits per heavy atom. The molecular formula is C21H21F3N4O3S. The van der Waals surface area contributed by atoms with Gasteiger partial charge in [-0.1, -0.05) is 18.2 Å². The van der Waals surface area contributed by atoms with Gasteiger partial charge in [0.2, 0.25) is 5.95 Å². The topological polar surface area (TPSA) is 93.2 Å². The van der Waals surface area contributed by atoms with Crippen molar-refractivity contribution < 1.29 is 26.3 Å². The SMILES string of the molecule is COc1ccc(C)cc1Nc1ncc(C(F)(F)F)c(NCc2cccc(S(C)(=O)=O)c2)n1. The predicted molar refractivity (Wildman–Crippen MR) is 115 cm³/mol. The molecule has 32 heavy (non-hydrogen) atoms. The van der Waals surface area contributed by atoms with Crippen molar-refractivity contribution in [1.82, 2.24) is 9.97 Å². The Balaban J connectivity index is 1.91. The molecule has 1 aromatic heterocycles. The van der Waals surface area contributed by atoms with E-state index in [4.69, 9.17) is 4.74 Å². The number of rotatable bonds is 7. The summed E-state index contributed by atoms with van der Waals surface area (Å²) in [6.07, 6.45) is -2.94. The Morgan fingerprint density at radius 2 is 1.88 bits per heavy atom. The lowest BCUT2D eigenvalue weighted by molar-refractivity contribution is -0.137. The first kappa shape index (κ1) is 23.3. The maximum Gasteiger partial charge on any atom is 0.421 e. The van der Waals surface area contributed by atoms with Crippen LogP contribution in [-0.2, 0) is 22.6 Å². The Kier molecular flexibility index (Phi) is 6.58. The van der Waals surface area contributed by atoms with Crippen LogP contribution >= 0.6 is 0 Å². The van der Waals surface area contributed by atoms with E-state index in [1.54, 1.807) is 18.2 Å². The van der Waals surface area contributed by atoms with Crippen LogP contribution in [-0.4, -0.2) is 31.8 Å². The van der Waals surface area contributed by atoms with E-state index in [0.29, 0.717) is 23.2 Å². The molecule has 2 N–H and O–H groups in total. The molecule has 3 aromatic rings. The van der Waals surface area contributed by atoms with Gasteiger partial charge in [0.25, 0.3) is 0 Å². The predicted octanol–water partition coefficient (Wildman–Crippen LogP) is 4.57. The number of nitrogens with one attached hydrogen (secondary N) is 2. The molecule has 0 radical (unpaired) electrons. The lowest BCUT2D eigenvalue weighted by atomic mass is 10.2. The average Bonchev–Trinajstić information content (AvgIpc) is 2.71. The van der Waals surface area contributed by atoms with Gasteiger partial charge < -0.3 is 15.4 Å². The van der Waals surface area contributed by atoms with Crippen molar-refractivity contribution in [2.45, 2.75) is 24.5 Å². The minimum atomic E-state index is -4.68. The van der Waals surface area contributed by atoms with E-state index in [0.717, 1.165) is 11.8 Å². The van der Waals surface area contributed by atoms with Crippen LogP contribution in [0.25, 0.3) is 0 Å². The summed E-state index contributed by atoms with van der Waals surface area (Å²) in [6, 6.07) is 11.2. The molecule has 0 amide bonds. The number of hydrogen-bond acceptors (Lipinski definition) is 7. The zero-order valence-electron chi connectivity index (χ0n) is 17.5. The van der Waals surface area contributed by atoms with E-state index in [1.165, 1.54) is 25.3 Å². The Bertz CT molecular complexity index is 1230. The number of aryl methyl sites for hydroxylation is 1. The molecule has 2 aromatic carbocycles. The van der Waals surface area contributed by atoms with Crippen molar-refractivity contribution in [3.63, 3.8) is 0 Å². The molecule has 7 nitrogen and oxygen atoms in total. The molecule has 11 heteroatoms. The summed E-state index contributed by atoms with van der Waals surface area (Å²) in [7, 11) is -1.97. The highest BCUT2D eigenvalue weighted by Gasteiger charge is 2.35. The zero-order valence-corrected chi connectivity index (χ0v) is 18.3. The molecule has 0 aliphatic carbocycles. The average molecular weight is 466 g/mol. The number of anilines is 3. The highest BCUT2D eigenvalue weighted by Crippen LogP contribution is 2.35. The molecule has 0 atom stereocenters. The highest BCUT2D eigenvalue weighted by molar-refractivity contribution is 7.90. The molecule has 0 aliphatic heterocycles. The molecular weight excluding hydrogens is 445 g/mol. The highest BCUT2D eigenvalue weighted by atomic mass is 32.2. The minimum absolute atomic E-state index is 0.0608. The van der Waals surface area contributed by atoms with Crippen LogP contribution in [0.5, 0.6) is 5.75 Å². The molecule has 0 unspecified atom stereocenters. The third-order valence-electron chi connectivity index (χ3n) is 4.48. The number of methoxy groups -OCH3 is 1. The number of alkyl halides is 3. The van der Waals surface area contributed by atoms with Crippen LogP contribution in [0, 0.1) is 6.92 Å². The first-order valence-corrected chi connectivity index (χ1v) is 11.3. The summed E-state index contributed by atoms with van der Waals surface area (Å²) >= 11 is 0. The van der Waals surface area contributed by atoms with E-state index in [9.17, 15) is 21.6 Å². The molecule has 0 fully saturated rings. The van der Waals surface area contributed by atoms with Crippen LogP contribution in [0.3, 0.4) is 0 Å². The summed E-state index contributed by atoms with van der Waals surface area (Å²) in [5, 5.41) is 5.52. The second-order valence-electron chi connectivity index (χ2n) is 7.06. The summed E-state index contributed by atoms with van der Waals surface area (Å²) in [4.78, 5) is 7.86. The van der Waals surface area contributed by atoms with Gasteiger partial charge in [0.15, 0.2) is 9.84 Å². The van der Waals surface area contributed by atoms with Gasteiger partial charge in [0, 0.05) is 19.0 Å². The number of sulfone groups is 1. The molecule has 0 saturated heterocycles. The van der Waals surface area contributed by atoms with Gasteiger partial charge in [-0.2, -0.15) is 18.2 Å². The fraction of sp³-hybridized carbons (Fsp3) is 0.238. The fourth-order valence-corrected chi connectivity index (χ4v) is 3.59. The molecule has 0 aliphatic rings. The fourth-order valence-electron chi connectivity index (χ4n) is 2.90. The normalized spacial score (nSPS) is 11.8. The molecule has 1 heterocycles. The maximum atomic E-state index is 13.5. The second-order valence-corrected chi connectivity index (χ2v) is 9.07. The number of nitrogens with zero attached hydrogens (tertiary/aromatic N) is 2. The van der Waals surface area contributed by atoms with E-state index < -0.39 is 27.4 Å². The first-order chi connectivity index (χ1) is 15.0. The zero-order chi connectivity index (χ0) is 23.5. The smallest absolute Gasteiger partial charge is 0.421 e. The van der Waals surface area contributed by atoms with Crippen LogP contribution in [0.2, 0.25) is 0 Å². The van der Waals surface area contributed by atoms with Gasteiger partial charge in [-0.3, -0.25) is 0 Å². The van der Waals surface area contributed by atoms with E-state index in [2.05, 4.69) is 20.6 Å². The Labute approximate surface area is 183 Å². The van der Waals surface area contributed by atoms with Crippen molar-refractivity contribution in [2.24, 2.45) is 0 Å². The largest absolute Gasteiger partial charge is 0.495 e. The lowest BCUT2D eigenvalue weighted by Gasteiger charge is -2.16. The minimum Gasteiger partial charge on any atom is -0.495 e. The van der Waals surface area contributed by atoms with Gasteiger partial charge in [0.05, 0.1) is 17.7 Å². The van der Waals surface area contributed by atoms with Crippen molar-refractivity contribution in [3.8, 4) is 5.75 Å². The molecule has 3 rings (SSSR count). The van der Waals surface area contributed by atoms with Crippen molar-refractivity contribution in [3.05, 3.63) is 65.4 Å². The van der Waals surface area contributed by atoms with Gasteiger partial charge in [0.1, 0.15) is 17.1 Å². The first-order valence-electron chi connectivity index (χ1n) is 9.36. The number of ether oxygens (including phenoxy) is 1. The summed E-state index contributed by atoms with van der Waals surface area (Å²) < 4.78 is 69.2. The van der Waals surface area contributed by atoms with Gasteiger partial charge in [-0.25, -0.2) is 13.4 Å². The third kappa shape index (κ3) is 5.67. The lowest BCUT2D eigenvalue weighted by Crippen LogP contribution is -2.14. The van der Waals surface area contributed by atoms with E-state index >= 15 is 0 Å². The standard InChI is InChI=1S/C21H21F3N4O3S/c1-13-7-8-18(31-2)17(9-13)27-20-26-12-16(21(22,23)24)19(28-20)25-11-14-5-4-6-15(10-14)32(3,29)30/h4-10,12H,11H2,1-3H3,(H2,25,26,27,28). The monoisotopic (exact) mass is 466 g/mol. The molecule has 0 saturated carbocycles. The van der Waals surface area contributed by atoms with E-state index in [1.807, 2.05) is 13.0 Å². The summed E-state index contributed by atoms with van der Waals surface area (Å²) in [5.41, 5.74) is 0.844.